The Bertz CT molecular complexity index is 290. The maximum Gasteiger partial charge on any atom is 0.222 e. The molecule has 19 heavy (non-hydrogen) atoms. The highest BCUT2D eigenvalue weighted by molar-refractivity contribution is 5.76. The molecule has 2 fully saturated rings. The number of nitrogens with zero attached hydrogens (tertiary/aromatic N) is 1. The van der Waals surface area contributed by atoms with Crippen LogP contribution in [0.15, 0.2) is 0 Å². The van der Waals surface area contributed by atoms with Crippen molar-refractivity contribution in [2.75, 3.05) is 20.2 Å². The highest BCUT2D eigenvalue weighted by Gasteiger charge is 2.33. The number of hydrogen-bond acceptors (Lipinski definition) is 3. The predicted octanol–water partition coefficient (Wildman–Crippen LogP) is 1.93. The number of rotatable bonds is 5. The van der Waals surface area contributed by atoms with Crippen LogP contribution in [0.3, 0.4) is 0 Å². The van der Waals surface area contributed by atoms with Gasteiger partial charge in [-0.3, -0.25) is 4.79 Å². The highest BCUT2D eigenvalue weighted by Crippen LogP contribution is 2.25. The topological polar surface area (TPSA) is 41.6 Å². The van der Waals surface area contributed by atoms with E-state index in [2.05, 4.69) is 10.2 Å². The number of ether oxygens (including phenoxy) is 1. The normalized spacial score (nSPS) is 29.5. The van der Waals surface area contributed by atoms with Gasteiger partial charge in [0.1, 0.15) is 0 Å². The molecule has 0 aromatic carbocycles. The van der Waals surface area contributed by atoms with Gasteiger partial charge in [0, 0.05) is 32.2 Å². The molecule has 0 aromatic rings. The van der Waals surface area contributed by atoms with Crippen molar-refractivity contribution in [3.05, 3.63) is 0 Å². The molecule has 0 saturated carbocycles. The summed E-state index contributed by atoms with van der Waals surface area (Å²) in [7, 11) is 1.71. The van der Waals surface area contributed by atoms with E-state index in [0.29, 0.717) is 24.4 Å². The monoisotopic (exact) mass is 268 g/mol. The average molecular weight is 268 g/mol. The predicted molar refractivity (Wildman–Crippen MR) is 76.1 cm³/mol. The first kappa shape index (κ1) is 14.8. The largest absolute Gasteiger partial charge is 0.382 e. The minimum absolute atomic E-state index is 0.178. The SMILES string of the molecule is COC(C)CCC(=O)N1CCCCC1C1CCCN1. The second kappa shape index (κ2) is 7.25. The lowest BCUT2D eigenvalue weighted by atomic mass is 9.94. The lowest BCUT2D eigenvalue weighted by Gasteiger charge is -2.39. The van der Waals surface area contributed by atoms with E-state index in [4.69, 9.17) is 4.74 Å². The Kier molecular flexibility index (Phi) is 5.64. The van der Waals surface area contributed by atoms with Crippen LogP contribution < -0.4 is 5.32 Å². The quantitative estimate of drug-likeness (QED) is 0.828. The van der Waals surface area contributed by atoms with E-state index >= 15 is 0 Å². The van der Waals surface area contributed by atoms with Crippen LogP contribution >= 0.6 is 0 Å². The van der Waals surface area contributed by atoms with Gasteiger partial charge in [0.2, 0.25) is 5.91 Å². The second-order valence-electron chi connectivity index (χ2n) is 5.94. The fourth-order valence-corrected chi connectivity index (χ4v) is 3.31. The summed E-state index contributed by atoms with van der Waals surface area (Å²) in [4.78, 5) is 14.6. The molecule has 3 atom stereocenters. The molecule has 0 bridgehead atoms. The van der Waals surface area contributed by atoms with Gasteiger partial charge in [-0.2, -0.15) is 0 Å². The van der Waals surface area contributed by atoms with Crippen LogP contribution in [0.25, 0.3) is 0 Å². The molecule has 1 N–H and O–H groups in total. The van der Waals surface area contributed by atoms with E-state index in [1.54, 1.807) is 7.11 Å². The molecule has 2 rings (SSSR count). The van der Waals surface area contributed by atoms with Crippen molar-refractivity contribution < 1.29 is 9.53 Å². The van der Waals surface area contributed by atoms with Crippen LogP contribution in [-0.4, -0.2) is 49.2 Å². The van der Waals surface area contributed by atoms with E-state index in [9.17, 15) is 4.79 Å². The zero-order valence-electron chi connectivity index (χ0n) is 12.4. The number of carbonyl (C=O) groups is 1. The first-order valence-electron chi connectivity index (χ1n) is 7.78. The molecule has 0 radical (unpaired) electrons. The first-order valence-corrected chi connectivity index (χ1v) is 7.78. The van der Waals surface area contributed by atoms with Crippen LogP contribution in [0.2, 0.25) is 0 Å². The molecule has 2 saturated heterocycles. The number of piperidine rings is 1. The molecular weight excluding hydrogens is 240 g/mol. The van der Waals surface area contributed by atoms with Crippen molar-refractivity contribution in [1.29, 1.82) is 0 Å². The number of carbonyl (C=O) groups excluding carboxylic acids is 1. The van der Waals surface area contributed by atoms with E-state index in [0.717, 1.165) is 25.9 Å². The fourth-order valence-electron chi connectivity index (χ4n) is 3.31. The van der Waals surface area contributed by atoms with E-state index in [1.165, 1.54) is 25.7 Å². The zero-order chi connectivity index (χ0) is 13.7. The summed E-state index contributed by atoms with van der Waals surface area (Å²) in [5, 5.41) is 3.57. The van der Waals surface area contributed by atoms with Crippen molar-refractivity contribution in [1.82, 2.24) is 10.2 Å². The van der Waals surface area contributed by atoms with Gasteiger partial charge < -0.3 is 15.0 Å². The Morgan fingerprint density at radius 1 is 1.37 bits per heavy atom. The highest BCUT2D eigenvalue weighted by atomic mass is 16.5. The fraction of sp³-hybridized carbons (Fsp3) is 0.933. The van der Waals surface area contributed by atoms with Gasteiger partial charge in [0.05, 0.1) is 6.10 Å². The number of hydrogen-bond donors (Lipinski definition) is 1. The molecule has 2 aliphatic heterocycles. The van der Waals surface area contributed by atoms with Crippen LogP contribution in [0.1, 0.15) is 51.9 Å². The number of methoxy groups -OCH3 is 1. The maximum atomic E-state index is 12.4. The third-order valence-corrected chi connectivity index (χ3v) is 4.60. The first-order chi connectivity index (χ1) is 9.22. The van der Waals surface area contributed by atoms with Crippen LogP contribution in [-0.2, 0) is 9.53 Å². The Balaban J connectivity index is 1.88. The zero-order valence-corrected chi connectivity index (χ0v) is 12.4. The molecule has 3 unspecified atom stereocenters. The van der Waals surface area contributed by atoms with Crippen LogP contribution in [0.4, 0.5) is 0 Å². The summed E-state index contributed by atoms with van der Waals surface area (Å²) in [6.07, 6.45) is 7.71. The van der Waals surface area contributed by atoms with Crippen molar-refractivity contribution >= 4 is 5.91 Å². The third-order valence-electron chi connectivity index (χ3n) is 4.60. The third kappa shape index (κ3) is 3.93. The van der Waals surface area contributed by atoms with Gasteiger partial charge in [-0.15, -0.1) is 0 Å². The van der Waals surface area contributed by atoms with E-state index < -0.39 is 0 Å². The van der Waals surface area contributed by atoms with Crippen LogP contribution in [0, 0.1) is 0 Å². The average Bonchev–Trinajstić information content (AvgIpc) is 2.98. The van der Waals surface area contributed by atoms with Crippen molar-refractivity contribution in [3.8, 4) is 0 Å². The Hall–Kier alpha value is -0.610. The van der Waals surface area contributed by atoms with Gasteiger partial charge in [0.25, 0.3) is 0 Å². The molecule has 4 heteroatoms. The van der Waals surface area contributed by atoms with Gasteiger partial charge in [-0.1, -0.05) is 0 Å². The molecular formula is C15H28N2O2. The summed E-state index contributed by atoms with van der Waals surface area (Å²) in [6.45, 7) is 4.09. The molecule has 0 aromatic heterocycles. The standard InChI is InChI=1S/C15H28N2O2/c1-12(19-2)8-9-15(18)17-11-4-3-7-14(17)13-6-5-10-16-13/h12-14,16H,3-11H2,1-2H3. The number of nitrogens with one attached hydrogen (secondary N) is 1. The summed E-state index contributed by atoms with van der Waals surface area (Å²) in [5.74, 6) is 0.322. The molecule has 4 nitrogen and oxygen atoms in total. The smallest absolute Gasteiger partial charge is 0.222 e. The Morgan fingerprint density at radius 2 is 2.21 bits per heavy atom. The minimum Gasteiger partial charge on any atom is -0.382 e. The second-order valence-corrected chi connectivity index (χ2v) is 5.94. The van der Waals surface area contributed by atoms with E-state index in [1.807, 2.05) is 6.92 Å². The molecule has 0 spiro atoms. The summed E-state index contributed by atoms with van der Waals surface area (Å²) >= 11 is 0. The Labute approximate surface area is 116 Å². The van der Waals surface area contributed by atoms with Gasteiger partial charge in [-0.25, -0.2) is 0 Å². The van der Waals surface area contributed by atoms with Crippen molar-refractivity contribution in [2.24, 2.45) is 0 Å². The summed E-state index contributed by atoms with van der Waals surface area (Å²) < 4.78 is 5.23. The van der Waals surface area contributed by atoms with Gasteiger partial charge >= 0.3 is 0 Å². The Morgan fingerprint density at radius 3 is 2.89 bits per heavy atom. The molecule has 2 heterocycles. The van der Waals surface area contributed by atoms with Gasteiger partial charge in [0.15, 0.2) is 0 Å². The van der Waals surface area contributed by atoms with Crippen molar-refractivity contribution in [3.63, 3.8) is 0 Å². The van der Waals surface area contributed by atoms with E-state index in [-0.39, 0.29) is 6.10 Å². The number of amides is 1. The molecule has 110 valence electrons. The summed E-state index contributed by atoms with van der Waals surface area (Å²) in [5.41, 5.74) is 0. The minimum atomic E-state index is 0.178. The lowest BCUT2D eigenvalue weighted by molar-refractivity contribution is -0.136. The molecule has 0 aliphatic carbocycles. The molecule has 1 amide bonds. The van der Waals surface area contributed by atoms with Gasteiger partial charge in [-0.05, 0) is 52.0 Å². The molecule has 2 aliphatic rings. The van der Waals surface area contributed by atoms with Crippen molar-refractivity contribution in [2.45, 2.75) is 70.1 Å². The summed E-state index contributed by atoms with van der Waals surface area (Å²) in [6, 6.07) is 0.964. The number of likely N-dealkylation sites (tertiary alicyclic amines) is 1. The van der Waals surface area contributed by atoms with Crippen LogP contribution in [0.5, 0.6) is 0 Å². The lowest BCUT2D eigenvalue weighted by Crippen LogP contribution is -2.52. The maximum absolute atomic E-state index is 12.4.